The molecule has 1 aliphatic heterocycles. The largest absolute Gasteiger partial charge is 0.410 e. The Morgan fingerprint density at radius 3 is 2.61 bits per heavy atom. The number of nitrogens with zero attached hydrogens (tertiary/aromatic N) is 3. The number of anilines is 1. The topological polar surface area (TPSA) is 139 Å². The van der Waals surface area contributed by atoms with Crippen LogP contribution in [0.25, 0.3) is 0 Å². The highest BCUT2D eigenvalue weighted by Gasteiger charge is 2.50. The lowest BCUT2D eigenvalue weighted by Gasteiger charge is -2.27. The van der Waals surface area contributed by atoms with Gasteiger partial charge in [-0.15, -0.1) is 0 Å². The highest BCUT2D eigenvalue weighted by atomic mass is 19.4. The maximum atomic E-state index is 13.6. The van der Waals surface area contributed by atoms with E-state index in [0.29, 0.717) is 23.2 Å². The molecule has 2 aromatic heterocycles. The molecule has 4 amide bonds. The number of carbonyl (C=O) groups excluding carboxylic acids is 3. The van der Waals surface area contributed by atoms with Crippen LogP contribution in [-0.2, 0) is 9.53 Å². The Kier molecular flexibility index (Phi) is 7.95. The minimum atomic E-state index is -4.60. The third-order valence-electron chi connectivity index (χ3n) is 8.14. The van der Waals surface area contributed by atoms with Crippen molar-refractivity contribution in [1.29, 1.82) is 0 Å². The highest BCUT2D eigenvalue weighted by molar-refractivity contribution is 6.01. The van der Waals surface area contributed by atoms with Gasteiger partial charge in [0.2, 0.25) is 5.91 Å². The summed E-state index contributed by atoms with van der Waals surface area (Å²) < 4.78 is 50.3. The van der Waals surface area contributed by atoms with Crippen molar-refractivity contribution in [3.05, 3.63) is 41.4 Å². The van der Waals surface area contributed by atoms with Crippen LogP contribution in [0, 0.1) is 17.8 Å². The molecule has 1 unspecified atom stereocenters. The fraction of sp³-hybridized carbons (Fsp3) is 0.593. The third kappa shape index (κ3) is 6.16. The van der Waals surface area contributed by atoms with Gasteiger partial charge in [-0.1, -0.05) is 19.0 Å². The van der Waals surface area contributed by atoms with Gasteiger partial charge in [0.1, 0.15) is 23.5 Å². The van der Waals surface area contributed by atoms with E-state index in [1.54, 1.807) is 6.07 Å². The van der Waals surface area contributed by atoms with Crippen LogP contribution in [0.15, 0.2) is 29.0 Å². The lowest BCUT2D eigenvalue weighted by atomic mass is 9.93. The first-order valence-corrected chi connectivity index (χ1v) is 13.6. The quantitative estimate of drug-likeness (QED) is 0.392. The molecule has 14 heteroatoms. The van der Waals surface area contributed by atoms with Crippen molar-refractivity contribution in [3.63, 3.8) is 0 Å². The molecule has 3 N–H and O–H groups in total. The van der Waals surface area contributed by atoms with Crippen molar-refractivity contribution >= 4 is 23.7 Å². The molecule has 11 nitrogen and oxygen atoms in total. The van der Waals surface area contributed by atoms with Crippen LogP contribution >= 0.6 is 0 Å². The number of pyridine rings is 1. The smallest absolute Gasteiger partial charge is 0.382 e. The van der Waals surface area contributed by atoms with Crippen LogP contribution in [0.4, 0.5) is 23.8 Å². The van der Waals surface area contributed by atoms with E-state index in [1.807, 2.05) is 19.2 Å². The van der Waals surface area contributed by atoms with Crippen molar-refractivity contribution < 1.29 is 36.8 Å². The number of rotatable bonds is 10. The molecule has 0 bridgehead atoms. The first-order valence-electron chi connectivity index (χ1n) is 13.6. The molecule has 2 aromatic rings. The van der Waals surface area contributed by atoms with Crippen molar-refractivity contribution in [2.24, 2.45) is 17.8 Å². The van der Waals surface area contributed by atoms with Gasteiger partial charge < -0.3 is 30.1 Å². The maximum absolute atomic E-state index is 13.6. The highest BCUT2D eigenvalue weighted by Crippen LogP contribution is 2.55. The predicted octanol–water partition coefficient (Wildman–Crippen LogP) is 3.62. The number of hydrogen-bond donors (Lipinski definition) is 3. The number of ether oxygens (including phenoxy) is 1. The van der Waals surface area contributed by atoms with Gasteiger partial charge in [-0.05, 0) is 54.7 Å². The Labute approximate surface area is 234 Å². The second kappa shape index (κ2) is 11.3. The fourth-order valence-electron chi connectivity index (χ4n) is 5.95. The summed E-state index contributed by atoms with van der Waals surface area (Å²) in [6.45, 7) is 3.09. The molecule has 6 atom stereocenters. The summed E-state index contributed by atoms with van der Waals surface area (Å²) in [5.74, 6) is 0.592. The molecule has 3 fully saturated rings. The van der Waals surface area contributed by atoms with Gasteiger partial charge in [-0.3, -0.25) is 9.59 Å². The van der Waals surface area contributed by atoms with Gasteiger partial charge in [-0.25, -0.2) is 9.78 Å². The van der Waals surface area contributed by atoms with Gasteiger partial charge in [-0.2, -0.15) is 13.2 Å². The van der Waals surface area contributed by atoms with Crippen LogP contribution in [0.3, 0.4) is 0 Å². The summed E-state index contributed by atoms with van der Waals surface area (Å²) in [4.78, 5) is 44.5. The van der Waals surface area contributed by atoms with Gasteiger partial charge in [0.05, 0.1) is 25.4 Å². The SMILES string of the molecule is COC[C@H](c1ccnc(NC(=O)[C@@H](NC(=O)c2cnoc2C(C)C)C2C[C@@H]3C[C@@H]3C2)c1)N1C[C@@H](C(F)(F)F)NC1=O. The summed E-state index contributed by atoms with van der Waals surface area (Å²) >= 11 is 0. The molecule has 3 aliphatic rings. The molecule has 0 radical (unpaired) electrons. The van der Waals surface area contributed by atoms with E-state index in [2.05, 4.69) is 20.8 Å². The first-order chi connectivity index (χ1) is 19.5. The van der Waals surface area contributed by atoms with E-state index in [1.165, 1.54) is 25.6 Å². The van der Waals surface area contributed by atoms with Crippen LogP contribution in [-0.4, -0.2) is 71.4 Å². The summed E-state index contributed by atoms with van der Waals surface area (Å²) in [7, 11) is 1.38. The molecule has 2 aliphatic carbocycles. The third-order valence-corrected chi connectivity index (χ3v) is 8.14. The zero-order valence-corrected chi connectivity index (χ0v) is 22.9. The van der Waals surface area contributed by atoms with E-state index < -0.39 is 48.7 Å². The zero-order chi connectivity index (χ0) is 29.5. The van der Waals surface area contributed by atoms with Gasteiger partial charge in [0, 0.05) is 19.2 Å². The minimum Gasteiger partial charge on any atom is -0.382 e. The molecular formula is C27H33F3N6O5. The molecule has 2 saturated carbocycles. The van der Waals surface area contributed by atoms with Crippen molar-refractivity contribution in [3.8, 4) is 0 Å². The number of halogens is 3. The van der Waals surface area contributed by atoms with Crippen LogP contribution in [0.5, 0.6) is 0 Å². The number of carbonyl (C=O) groups is 3. The molecule has 0 aromatic carbocycles. The van der Waals surface area contributed by atoms with E-state index in [-0.39, 0.29) is 29.8 Å². The Morgan fingerprint density at radius 2 is 1.98 bits per heavy atom. The number of aromatic nitrogens is 2. The fourth-order valence-corrected chi connectivity index (χ4v) is 5.95. The van der Waals surface area contributed by atoms with Crippen molar-refractivity contribution in [2.45, 2.75) is 63.3 Å². The molecule has 3 heterocycles. The number of urea groups is 1. The van der Waals surface area contributed by atoms with E-state index in [9.17, 15) is 27.6 Å². The average Bonchev–Trinajstić information content (AvgIpc) is 3.29. The van der Waals surface area contributed by atoms with E-state index in [4.69, 9.17) is 9.26 Å². The molecule has 1 saturated heterocycles. The maximum Gasteiger partial charge on any atom is 0.410 e. The normalized spacial score (nSPS) is 25.0. The molecule has 5 rings (SSSR count). The standard InChI is InChI=1S/C27H33F3N6O5/c1-13(2)23-18(10-32-41-23)24(37)35-22(17-7-15-6-16(15)8-17)25(38)34-21-9-14(4-5-31-21)19(12-40-3)36-11-20(27(28,29)30)33-26(36)39/h4-5,9-10,13,15-17,19-20,22H,6-8,11-12H2,1-3H3,(H,33,39)(H,35,37)(H,31,34,38)/t15-,16+,17?,19-,20+,22+/m1/s1. The minimum absolute atomic E-state index is 0.0675. The van der Waals surface area contributed by atoms with Crippen LogP contribution < -0.4 is 16.0 Å². The molecule has 222 valence electrons. The summed E-state index contributed by atoms with van der Waals surface area (Å²) in [6.07, 6.45) is 0.903. The van der Waals surface area contributed by atoms with Crippen molar-refractivity contribution in [1.82, 2.24) is 25.7 Å². The van der Waals surface area contributed by atoms with Crippen molar-refractivity contribution in [2.75, 3.05) is 25.6 Å². The Hall–Kier alpha value is -3.68. The lowest BCUT2D eigenvalue weighted by molar-refractivity contribution is -0.150. The molecule has 0 spiro atoms. The number of methoxy groups -OCH3 is 1. The lowest BCUT2D eigenvalue weighted by Crippen LogP contribution is -2.48. The monoisotopic (exact) mass is 578 g/mol. The van der Waals surface area contributed by atoms with Gasteiger partial charge >= 0.3 is 12.2 Å². The summed E-state index contributed by atoms with van der Waals surface area (Å²) in [6, 6.07) is -1.52. The predicted molar refractivity (Wildman–Crippen MR) is 139 cm³/mol. The second-order valence-corrected chi connectivity index (χ2v) is 11.3. The second-order valence-electron chi connectivity index (χ2n) is 11.3. The zero-order valence-electron chi connectivity index (χ0n) is 22.9. The first kappa shape index (κ1) is 28.8. The summed E-state index contributed by atoms with van der Waals surface area (Å²) in [5, 5.41) is 11.4. The van der Waals surface area contributed by atoms with Gasteiger partial charge in [0.25, 0.3) is 5.91 Å². The van der Waals surface area contributed by atoms with E-state index >= 15 is 0 Å². The van der Waals surface area contributed by atoms with Crippen LogP contribution in [0.1, 0.15) is 66.8 Å². The summed E-state index contributed by atoms with van der Waals surface area (Å²) in [5.41, 5.74) is 0.702. The average molecular weight is 579 g/mol. The number of fused-ring (bicyclic) bond motifs is 1. The molecular weight excluding hydrogens is 545 g/mol. The Morgan fingerprint density at radius 1 is 1.24 bits per heavy atom. The van der Waals surface area contributed by atoms with Gasteiger partial charge in [0.15, 0.2) is 5.76 Å². The van der Waals surface area contributed by atoms with E-state index in [0.717, 1.165) is 24.2 Å². The Balaban J connectivity index is 1.34. The number of alkyl halides is 3. The Bertz CT molecular complexity index is 1290. The number of nitrogens with one attached hydrogen (secondary N) is 3. The van der Waals surface area contributed by atoms with Crippen LogP contribution in [0.2, 0.25) is 0 Å². The molecule has 41 heavy (non-hydrogen) atoms. The number of amides is 4. The number of hydrogen-bond acceptors (Lipinski definition) is 7.